The number of esters is 1. The number of Topliss-reactive ketones (excluding diaryl/α,β-unsaturated/α-hetero) is 1. The van der Waals surface area contributed by atoms with Crippen LogP contribution in [0.4, 0.5) is 0 Å². The molecule has 1 saturated carbocycles. The quantitative estimate of drug-likeness (QED) is 0.450. The Morgan fingerprint density at radius 1 is 0.969 bits per heavy atom. The second-order valence-corrected chi connectivity index (χ2v) is 9.17. The van der Waals surface area contributed by atoms with Crippen LogP contribution in [0.25, 0.3) is 10.9 Å². The van der Waals surface area contributed by atoms with E-state index in [1.165, 1.54) is 0 Å². The molecule has 1 atom stereocenters. The molecule has 162 valence electrons. The standard InChI is InChI=1S/C26H23NO5/c28-20-14-26(10-4-1-5-11-26)32-24-16(20)8-9-21-23(24)17(13-22(29)31-21)18-12-15-6-2-3-7-19(15)27-25(18)30/h2-3,6-9,12,17H,1,4-5,10-11,13-14H2,(H,27,30)/t17-/m1/s1. The van der Waals surface area contributed by atoms with Crippen molar-refractivity contribution in [2.75, 3.05) is 0 Å². The Kier molecular flexibility index (Phi) is 4.25. The van der Waals surface area contributed by atoms with Crippen LogP contribution in [-0.2, 0) is 4.79 Å². The minimum Gasteiger partial charge on any atom is -0.486 e. The highest BCUT2D eigenvalue weighted by Crippen LogP contribution is 2.50. The topological polar surface area (TPSA) is 85.5 Å². The Morgan fingerprint density at radius 2 is 1.78 bits per heavy atom. The third kappa shape index (κ3) is 2.97. The summed E-state index contributed by atoms with van der Waals surface area (Å²) in [4.78, 5) is 41.6. The van der Waals surface area contributed by atoms with Crippen molar-refractivity contribution in [1.29, 1.82) is 0 Å². The minimum absolute atomic E-state index is 0.0232. The van der Waals surface area contributed by atoms with Gasteiger partial charge < -0.3 is 14.5 Å². The molecule has 0 amide bonds. The smallest absolute Gasteiger partial charge is 0.312 e. The Balaban J connectivity index is 1.55. The lowest BCUT2D eigenvalue weighted by Gasteiger charge is -2.42. The van der Waals surface area contributed by atoms with Crippen LogP contribution < -0.4 is 15.0 Å². The molecule has 32 heavy (non-hydrogen) atoms. The van der Waals surface area contributed by atoms with Crippen molar-refractivity contribution in [1.82, 2.24) is 4.98 Å². The number of pyridine rings is 1. The minimum atomic E-state index is -0.541. The highest BCUT2D eigenvalue weighted by atomic mass is 16.5. The lowest BCUT2D eigenvalue weighted by atomic mass is 9.76. The van der Waals surface area contributed by atoms with Gasteiger partial charge in [0.05, 0.1) is 18.4 Å². The number of hydrogen-bond acceptors (Lipinski definition) is 5. The molecule has 0 radical (unpaired) electrons. The molecular formula is C26H23NO5. The third-order valence-electron chi connectivity index (χ3n) is 7.12. The van der Waals surface area contributed by atoms with Crippen LogP contribution >= 0.6 is 0 Å². The molecule has 1 N–H and O–H groups in total. The van der Waals surface area contributed by atoms with E-state index >= 15 is 0 Å². The third-order valence-corrected chi connectivity index (χ3v) is 7.12. The van der Waals surface area contributed by atoms with Crippen molar-refractivity contribution in [3.63, 3.8) is 0 Å². The molecule has 0 saturated heterocycles. The van der Waals surface area contributed by atoms with E-state index in [0.717, 1.165) is 43.0 Å². The number of aromatic amines is 1. The molecular weight excluding hydrogens is 406 g/mol. The van der Waals surface area contributed by atoms with Gasteiger partial charge in [-0.1, -0.05) is 24.6 Å². The fraction of sp³-hybridized carbons (Fsp3) is 0.346. The zero-order valence-electron chi connectivity index (χ0n) is 17.6. The van der Waals surface area contributed by atoms with Crippen LogP contribution in [-0.4, -0.2) is 22.3 Å². The van der Waals surface area contributed by atoms with E-state index in [1.54, 1.807) is 12.1 Å². The average molecular weight is 429 g/mol. The Labute approximate surface area is 184 Å². The molecule has 6 heteroatoms. The number of carbonyl (C=O) groups excluding carboxylic acids is 2. The number of aromatic nitrogens is 1. The van der Waals surface area contributed by atoms with Crippen molar-refractivity contribution in [3.8, 4) is 11.5 Å². The van der Waals surface area contributed by atoms with Gasteiger partial charge >= 0.3 is 5.97 Å². The molecule has 6 rings (SSSR count). The predicted octanol–water partition coefficient (Wildman–Crippen LogP) is 4.64. The summed E-state index contributed by atoms with van der Waals surface area (Å²) in [6, 6.07) is 12.7. The highest BCUT2D eigenvalue weighted by molar-refractivity contribution is 6.01. The number of hydrogen-bond donors (Lipinski definition) is 1. The molecule has 0 unspecified atom stereocenters. The molecule has 2 aliphatic heterocycles. The zero-order valence-corrected chi connectivity index (χ0v) is 17.6. The lowest BCUT2D eigenvalue weighted by Crippen LogP contribution is -2.44. The van der Waals surface area contributed by atoms with Gasteiger partial charge in [0.2, 0.25) is 0 Å². The van der Waals surface area contributed by atoms with E-state index in [9.17, 15) is 14.4 Å². The molecule has 3 aromatic rings. The van der Waals surface area contributed by atoms with Gasteiger partial charge in [-0.25, -0.2) is 0 Å². The van der Waals surface area contributed by atoms with E-state index in [0.29, 0.717) is 34.6 Å². The van der Waals surface area contributed by atoms with Crippen molar-refractivity contribution in [2.45, 2.75) is 56.5 Å². The summed E-state index contributed by atoms with van der Waals surface area (Å²) in [5, 5.41) is 0.883. The number of H-pyrrole nitrogens is 1. The first kappa shape index (κ1) is 19.3. The number of ketones is 1. The molecule has 1 aromatic heterocycles. The second-order valence-electron chi connectivity index (χ2n) is 9.17. The average Bonchev–Trinajstić information content (AvgIpc) is 2.78. The van der Waals surface area contributed by atoms with Crippen LogP contribution in [0.3, 0.4) is 0 Å². The SMILES string of the molecule is O=C1C[C@H](c2cc3ccccc3[nH]c2=O)c2c(ccc3c2OC2(CCCCC2)CC3=O)O1. The van der Waals surface area contributed by atoms with Crippen LogP contribution in [0.2, 0.25) is 0 Å². The number of para-hydroxylation sites is 1. The summed E-state index contributed by atoms with van der Waals surface area (Å²) in [5.41, 5.74) is 1.62. The van der Waals surface area contributed by atoms with Gasteiger partial charge in [0, 0.05) is 22.6 Å². The van der Waals surface area contributed by atoms with Gasteiger partial charge in [-0.3, -0.25) is 14.4 Å². The molecule has 3 aliphatic rings. The molecule has 0 bridgehead atoms. The van der Waals surface area contributed by atoms with Gasteiger partial charge in [-0.15, -0.1) is 0 Å². The maximum absolute atomic E-state index is 13.1. The second kappa shape index (κ2) is 7.05. The normalized spacial score (nSPS) is 21.6. The van der Waals surface area contributed by atoms with Gasteiger partial charge in [-0.2, -0.15) is 0 Å². The maximum atomic E-state index is 13.1. The summed E-state index contributed by atoms with van der Waals surface area (Å²) in [6.45, 7) is 0. The summed E-state index contributed by atoms with van der Waals surface area (Å²) in [5.74, 6) is -0.0198. The largest absolute Gasteiger partial charge is 0.486 e. The van der Waals surface area contributed by atoms with E-state index < -0.39 is 17.5 Å². The van der Waals surface area contributed by atoms with Crippen molar-refractivity contribution in [3.05, 3.63) is 69.5 Å². The van der Waals surface area contributed by atoms with Crippen LogP contribution in [0.1, 0.15) is 72.3 Å². The van der Waals surface area contributed by atoms with E-state index in [-0.39, 0.29) is 17.8 Å². The summed E-state index contributed by atoms with van der Waals surface area (Å²) >= 11 is 0. The Bertz CT molecular complexity index is 1330. The van der Waals surface area contributed by atoms with E-state index in [1.807, 2.05) is 30.3 Å². The molecule has 1 aliphatic carbocycles. The number of benzene rings is 2. The number of carbonyl (C=O) groups is 2. The summed E-state index contributed by atoms with van der Waals surface area (Å²) in [7, 11) is 0. The molecule has 1 spiro atoms. The fourth-order valence-electron chi connectivity index (χ4n) is 5.57. The van der Waals surface area contributed by atoms with Crippen molar-refractivity contribution in [2.24, 2.45) is 0 Å². The first-order valence-electron chi connectivity index (χ1n) is 11.2. The Morgan fingerprint density at radius 3 is 2.62 bits per heavy atom. The summed E-state index contributed by atoms with van der Waals surface area (Å²) < 4.78 is 12.2. The monoisotopic (exact) mass is 429 g/mol. The van der Waals surface area contributed by atoms with Gasteiger partial charge in [0.15, 0.2) is 5.78 Å². The number of nitrogens with one attached hydrogen (secondary N) is 1. The molecule has 1 fully saturated rings. The Hall–Kier alpha value is -3.41. The zero-order chi connectivity index (χ0) is 21.9. The van der Waals surface area contributed by atoms with Crippen LogP contribution in [0.15, 0.2) is 47.3 Å². The van der Waals surface area contributed by atoms with E-state index in [4.69, 9.17) is 9.47 Å². The fourth-order valence-corrected chi connectivity index (χ4v) is 5.57. The first-order chi connectivity index (χ1) is 15.5. The molecule has 2 aromatic carbocycles. The molecule has 6 nitrogen and oxygen atoms in total. The lowest BCUT2D eigenvalue weighted by molar-refractivity contribution is -0.135. The van der Waals surface area contributed by atoms with Gasteiger partial charge in [-0.05, 0) is 55.3 Å². The van der Waals surface area contributed by atoms with Crippen LogP contribution in [0.5, 0.6) is 11.5 Å². The first-order valence-corrected chi connectivity index (χ1v) is 11.2. The highest BCUT2D eigenvalue weighted by Gasteiger charge is 2.45. The van der Waals surface area contributed by atoms with Crippen molar-refractivity contribution < 1.29 is 19.1 Å². The van der Waals surface area contributed by atoms with E-state index in [2.05, 4.69) is 4.98 Å². The number of ether oxygens (including phenoxy) is 2. The number of fused-ring (bicyclic) bond motifs is 4. The van der Waals surface area contributed by atoms with Crippen LogP contribution in [0, 0.1) is 0 Å². The summed E-state index contributed by atoms with van der Waals surface area (Å²) in [6.07, 6.45) is 5.27. The van der Waals surface area contributed by atoms with Gasteiger partial charge in [0.25, 0.3) is 5.56 Å². The predicted molar refractivity (Wildman–Crippen MR) is 118 cm³/mol. The number of rotatable bonds is 1. The van der Waals surface area contributed by atoms with Gasteiger partial charge in [0.1, 0.15) is 17.1 Å². The molecule has 3 heterocycles. The maximum Gasteiger partial charge on any atom is 0.312 e. The van der Waals surface area contributed by atoms with Crippen molar-refractivity contribution >= 4 is 22.7 Å².